The van der Waals surface area contributed by atoms with Crippen molar-refractivity contribution in [2.24, 2.45) is 0 Å². The molecule has 3 N–H and O–H groups in total. The molecule has 0 aliphatic carbocycles. The molecule has 0 saturated carbocycles. The van der Waals surface area contributed by atoms with Crippen molar-refractivity contribution in [1.29, 1.82) is 0 Å². The number of rotatable bonds is 6. The molecule has 1 heterocycles. The molecule has 0 spiro atoms. The molecule has 1 fully saturated rings. The summed E-state index contributed by atoms with van der Waals surface area (Å²) in [6.45, 7) is 3.01. The van der Waals surface area contributed by atoms with E-state index < -0.39 is 34.8 Å². The summed E-state index contributed by atoms with van der Waals surface area (Å²) in [6, 6.07) is 10.5. The fourth-order valence-electron chi connectivity index (χ4n) is 4.19. The van der Waals surface area contributed by atoms with Crippen LogP contribution in [0.2, 0.25) is 5.02 Å². The van der Waals surface area contributed by atoms with E-state index in [2.05, 4.69) is 15.5 Å². The first-order chi connectivity index (χ1) is 17.6. The van der Waals surface area contributed by atoms with Gasteiger partial charge in [0.1, 0.15) is 5.82 Å². The normalized spacial score (nSPS) is 15.4. The molecular weight excluding hydrogens is 507 g/mol. The Balaban J connectivity index is 1.48. The Morgan fingerprint density at radius 3 is 2.49 bits per heavy atom. The maximum atomic E-state index is 14.5. The summed E-state index contributed by atoms with van der Waals surface area (Å²) >= 11 is 6.11. The van der Waals surface area contributed by atoms with E-state index in [-0.39, 0.29) is 28.8 Å². The highest BCUT2D eigenvalue weighted by Gasteiger charge is 2.21. The third-order valence-corrected chi connectivity index (χ3v) is 6.52. The van der Waals surface area contributed by atoms with Crippen LogP contribution in [0.15, 0.2) is 48.5 Å². The number of halogens is 4. The molecule has 194 valence electrons. The van der Waals surface area contributed by atoms with E-state index in [0.29, 0.717) is 12.2 Å². The highest BCUT2D eigenvalue weighted by molar-refractivity contribution is 6.34. The van der Waals surface area contributed by atoms with Crippen molar-refractivity contribution in [3.05, 3.63) is 93.3 Å². The van der Waals surface area contributed by atoms with Gasteiger partial charge >= 0.3 is 0 Å². The van der Waals surface area contributed by atoms with Gasteiger partial charge in [0.05, 0.1) is 22.3 Å². The lowest BCUT2D eigenvalue weighted by molar-refractivity contribution is 0.0946. The summed E-state index contributed by atoms with van der Waals surface area (Å²) in [5.41, 5.74) is 1.95. The first-order valence-corrected chi connectivity index (χ1v) is 12.1. The number of hydrogen-bond donors (Lipinski definition) is 3. The van der Waals surface area contributed by atoms with Crippen LogP contribution in [0.4, 0.5) is 24.5 Å². The summed E-state index contributed by atoms with van der Waals surface area (Å²) in [5, 5.41) is 14.9. The molecule has 1 saturated heterocycles. The smallest absolute Gasteiger partial charge is 0.257 e. The fourth-order valence-corrected chi connectivity index (χ4v) is 4.42. The monoisotopic (exact) mass is 531 g/mol. The Morgan fingerprint density at radius 2 is 1.78 bits per heavy atom. The minimum absolute atomic E-state index is 0.108. The molecule has 1 atom stereocenters. The minimum atomic E-state index is -1.07. The molecule has 6 nitrogen and oxygen atoms in total. The number of carbonyl (C=O) groups is 2. The highest BCUT2D eigenvalue weighted by Crippen LogP contribution is 2.27. The van der Waals surface area contributed by atoms with Gasteiger partial charge in [0, 0.05) is 31.0 Å². The zero-order valence-electron chi connectivity index (χ0n) is 20.0. The van der Waals surface area contributed by atoms with Crippen molar-refractivity contribution < 1.29 is 27.9 Å². The molecule has 37 heavy (non-hydrogen) atoms. The van der Waals surface area contributed by atoms with Crippen LogP contribution in [-0.4, -0.2) is 36.1 Å². The third kappa shape index (κ3) is 6.23. The number of nitrogens with one attached hydrogen (secondary N) is 2. The van der Waals surface area contributed by atoms with Crippen molar-refractivity contribution >= 4 is 34.8 Å². The van der Waals surface area contributed by atoms with Gasteiger partial charge in [0.15, 0.2) is 11.6 Å². The van der Waals surface area contributed by atoms with Crippen LogP contribution in [-0.2, 0) is 6.54 Å². The van der Waals surface area contributed by atoms with Gasteiger partial charge in [-0.3, -0.25) is 9.59 Å². The Kier molecular flexibility index (Phi) is 8.04. The van der Waals surface area contributed by atoms with Gasteiger partial charge in [0.25, 0.3) is 11.8 Å². The lowest BCUT2D eigenvalue weighted by atomic mass is 10.1. The number of amides is 2. The first-order valence-electron chi connectivity index (χ1n) is 11.7. The van der Waals surface area contributed by atoms with Gasteiger partial charge in [-0.1, -0.05) is 17.7 Å². The molecule has 3 aromatic carbocycles. The summed E-state index contributed by atoms with van der Waals surface area (Å²) < 4.78 is 41.0. The first kappa shape index (κ1) is 26.5. The number of aliphatic hydroxyl groups is 1. The summed E-state index contributed by atoms with van der Waals surface area (Å²) in [6.07, 6.45) is 1.28. The molecule has 1 aliphatic heterocycles. The maximum absolute atomic E-state index is 14.5. The van der Waals surface area contributed by atoms with E-state index in [4.69, 9.17) is 11.6 Å². The van der Waals surface area contributed by atoms with E-state index in [1.165, 1.54) is 6.07 Å². The highest BCUT2D eigenvalue weighted by atomic mass is 35.5. The van der Waals surface area contributed by atoms with Crippen LogP contribution in [0.1, 0.15) is 44.7 Å². The van der Waals surface area contributed by atoms with E-state index in [9.17, 15) is 27.9 Å². The Bertz CT molecular complexity index is 1350. The quantitative estimate of drug-likeness (QED) is 0.408. The molecule has 1 aliphatic rings. The number of nitrogens with zero attached hydrogens (tertiary/aromatic N) is 1. The second-order valence-corrected chi connectivity index (χ2v) is 9.35. The summed E-state index contributed by atoms with van der Waals surface area (Å²) in [7, 11) is 0. The summed E-state index contributed by atoms with van der Waals surface area (Å²) in [5.74, 6) is -4.51. The van der Waals surface area contributed by atoms with Gasteiger partial charge in [-0.2, -0.15) is 0 Å². The molecule has 0 radical (unpaired) electrons. The number of benzene rings is 3. The van der Waals surface area contributed by atoms with Crippen LogP contribution in [0, 0.1) is 24.4 Å². The van der Waals surface area contributed by atoms with Crippen LogP contribution in [0.25, 0.3) is 0 Å². The van der Waals surface area contributed by atoms with E-state index in [1.54, 1.807) is 6.07 Å². The molecule has 10 heteroatoms. The summed E-state index contributed by atoms with van der Waals surface area (Å²) in [4.78, 5) is 27.6. The predicted molar refractivity (Wildman–Crippen MR) is 136 cm³/mol. The molecule has 2 amide bonds. The number of piperidine rings is 1. The average molecular weight is 532 g/mol. The molecule has 0 bridgehead atoms. The topological polar surface area (TPSA) is 81.7 Å². The zero-order chi connectivity index (χ0) is 26.7. The number of carbonyl (C=O) groups excluding carboxylic acids is 2. The van der Waals surface area contributed by atoms with Crippen LogP contribution in [0.3, 0.4) is 0 Å². The zero-order valence-corrected chi connectivity index (χ0v) is 20.7. The second kappa shape index (κ2) is 11.2. The van der Waals surface area contributed by atoms with Crippen LogP contribution < -0.4 is 15.5 Å². The molecule has 0 aromatic heterocycles. The lowest BCUT2D eigenvalue weighted by Crippen LogP contribution is -2.38. The number of β-amino-alcohol motifs (C(OH)–C–C–N with tert-alkyl or cyclic N) is 1. The lowest BCUT2D eigenvalue weighted by Gasteiger charge is -2.32. The van der Waals surface area contributed by atoms with Crippen molar-refractivity contribution in [2.45, 2.75) is 32.4 Å². The largest absolute Gasteiger partial charge is 0.391 e. The molecule has 4 rings (SSSR count). The Labute approximate surface area is 217 Å². The third-order valence-electron chi connectivity index (χ3n) is 6.20. The van der Waals surface area contributed by atoms with Gasteiger partial charge < -0.3 is 20.6 Å². The van der Waals surface area contributed by atoms with Crippen molar-refractivity contribution in [3.8, 4) is 0 Å². The van der Waals surface area contributed by atoms with E-state index in [0.717, 1.165) is 54.9 Å². The van der Waals surface area contributed by atoms with E-state index in [1.807, 2.05) is 19.1 Å². The molecule has 1 unspecified atom stereocenters. The van der Waals surface area contributed by atoms with Gasteiger partial charge in [-0.05, 0) is 73.4 Å². The molecular formula is C27H25ClF3N3O3. The Hall–Kier alpha value is -3.56. The van der Waals surface area contributed by atoms with Crippen LogP contribution in [0.5, 0.6) is 0 Å². The van der Waals surface area contributed by atoms with Crippen molar-refractivity contribution in [1.82, 2.24) is 5.32 Å². The standard InChI is InChI=1S/C27H25ClF3N3O3/c1-15-9-17(34-8-2-3-18(35)14-34)5-7-25(15)33-27(37)19-11-20(23(30)12-21(19)28)26(36)32-13-16-4-6-22(29)24(31)10-16/h4-7,9-12,18,35H,2-3,8,13-14H2,1H3,(H,32,36)(H,33,37). The minimum Gasteiger partial charge on any atom is -0.391 e. The number of hydrogen-bond acceptors (Lipinski definition) is 4. The van der Waals surface area contributed by atoms with Crippen molar-refractivity contribution in [3.63, 3.8) is 0 Å². The van der Waals surface area contributed by atoms with Crippen molar-refractivity contribution in [2.75, 3.05) is 23.3 Å². The molecule has 3 aromatic rings. The maximum Gasteiger partial charge on any atom is 0.257 e. The van der Waals surface area contributed by atoms with Gasteiger partial charge in [0.2, 0.25) is 0 Å². The van der Waals surface area contributed by atoms with Crippen LogP contribution >= 0.6 is 11.6 Å². The van der Waals surface area contributed by atoms with Gasteiger partial charge in [-0.25, -0.2) is 13.2 Å². The number of aryl methyl sites for hydroxylation is 1. The number of aliphatic hydroxyl groups excluding tert-OH is 1. The number of anilines is 2. The average Bonchev–Trinajstić information content (AvgIpc) is 2.85. The predicted octanol–water partition coefficient (Wildman–Crippen LogP) is 5.21. The SMILES string of the molecule is Cc1cc(N2CCCC(O)C2)ccc1NC(=O)c1cc(C(=O)NCc2ccc(F)c(F)c2)c(F)cc1Cl. The second-order valence-electron chi connectivity index (χ2n) is 8.94. The van der Waals surface area contributed by atoms with Gasteiger partial charge in [-0.15, -0.1) is 0 Å². The Morgan fingerprint density at radius 1 is 1.00 bits per heavy atom. The fraction of sp³-hybridized carbons (Fsp3) is 0.259. The van der Waals surface area contributed by atoms with E-state index >= 15 is 0 Å².